The number of benzene rings is 2. The van der Waals surface area contributed by atoms with Gasteiger partial charge in [0, 0.05) is 47.9 Å². The van der Waals surface area contributed by atoms with Crippen LogP contribution in [0.2, 0.25) is 5.02 Å². The fraction of sp³-hybridized carbons (Fsp3) is 0.222. The van der Waals surface area contributed by atoms with Crippen LogP contribution in [-0.4, -0.2) is 47.1 Å². The van der Waals surface area contributed by atoms with Gasteiger partial charge in [-0.25, -0.2) is 9.97 Å². The van der Waals surface area contributed by atoms with Crippen molar-refractivity contribution in [2.45, 2.75) is 18.4 Å². The summed E-state index contributed by atoms with van der Waals surface area (Å²) in [6, 6.07) is 11.6. The van der Waals surface area contributed by atoms with Crippen LogP contribution in [-0.2, 0) is 4.79 Å². The van der Waals surface area contributed by atoms with E-state index < -0.39 is 0 Å². The normalized spacial score (nSPS) is 13.7. The number of carbonyl (C=O) groups excluding carboxylic acids is 1. The number of anilines is 4. The lowest BCUT2D eigenvalue weighted by Gasteiger charge is -2.27. The van der Waals surface area contributed by atoms with Crippen LogP contribution in [0.4, 0.5) is 23.0 Å². The van der Waals surface area contributed by atoms with Crippen LogP contribution >= 0.6 is 11.6 Å². The molecule has 0 bridgehead atoms. The van der Waals surface area contributed by atoms with Crippen molar-refractivity contribution < 1.29 is 9.53 Å². The maximum absolute atomic E-state index is 12.2. The summed E-state index contributed by atoms with van der Waals surface area (Å²) >= 11 is 6.50. The van der Waals surface area contributed by atoms with Gasteiger partial charge in [-0.2, -0.15) is 0 Å². The number of amides is 1. The maximum atomic E-state index is 12.2. The first-order valence-corrected chi connectivity index (χ1v) is 12.2. The second-order valence-electron chi connectivity index (χ2n) is 9.24. The monoisotopic (exact) mass is 517 g/mol. The molecular weight excluding hydrogens is 490 g/mol. The van der Waals surface area contributed by atoms with E-state index in [4.69, 9.17) is 27.1 Å². The first kappa shape index (κ1) is 24.6. The molecule has 9 nitrogen and oxygen atoms in total. The molecule has 0 aliphatic heterocycles. The van der Waals surface area contributed by atoms with Gasteiger partial charge in [0.15, 0.2) is 0 Å². The predicted octanol–water partition coefficient (Wildman–Crippen LogP) is 5.08. The molecule has 2 aromatic carbocycles. The minimum atomic E-state index is -0.330. The summed E-state index contributed by atoms with van der Waals surface area (Å²) < 4.78 is 5.68. The summed E-state index contributed by atoms with van der Waals surface area (Å²) in [4.78, 5) is 26.6. The Morgan fingerprint density at radius 2 is 2.11 bits per heavy atom. The van der Waals surface area contributed by atoms with Crippen molar-refractivity contribution in [2.75, 3.05) is 36.2 Å². The van der Waals surface area contributed by atoms with Crippen molar-refractivity contribution >= 4 is 51.4 Å². The number of nitrogens with one attached hydrogen (secondary N) is 3. The maximum Gasteiger partial charge on any atom is 0.247 e. The largest absolute Gasteiger partial charge is 0.494 e. The number of aromatic amines is 1. The molecule has 1 amide bonds. The van der Waals surface area contributed by atoms with Gasteiger partial charge in [-0.05, 0) is 31.1 Å². The summed E-state index contributed by atoms with van der Waals surface area (Å²) in [5.74, 6) is 0.542. The summed E-state index contributed by atoms with van der Waals surface area (Å²) in [6.07, 6.45) is 6.59. The Balaban J connectivity index is 1.52. The van der Waals surface area contributed by atoms with Crippen LogP contribution < -0.4 is 26.0 Å². The lowest BCUT2D eigenvalue weighted by atomic mass is 10.1. The van der Waals surface area contributed by atoms with Crippen molar-refractivity contribution in [1.82, 2.24) is 15.0 Å². The molecule has 2 aromatic heterocycles. The number of carbonyl (C=O) groups is 1. The van der Waals surface area contributed by atoms with E-state index in [9.17, 15) is 4.79 Å². The Labute approximate surface area is 219 Å². The molecule has 0 saturated heterocycles. The third kappa shape index (κ3) is 5.09. The number of fused-ring (bicyclic) bond motifs is 1. The Morgan fingerprint density at radius 3 is 2.84 bits per heavy atom. The number of methoxy groups -OCH3 is 1. The number of nitrogens with two attached hydrogens (primary N) is 1. The summed E-state index contributed by atoms with van der Waals surface area (Å²) in [5.41, 5.74) is 10.5. The zero-order valence-corrected chi connectivity index (χ0v) is 21.4. The standard InChI is InChI=1S/C27H28ClN7O2/c1-4-24(36)32-20-11-21(23(37-3)12-22(20)35(2)15-27(29)9-10-27)33-26-31-14-18(28)25(34-26)17-13-30-19-8-6-5-7-16(17)19/h4-8,11-14,30H,1,9-10,15,29H2,2-3H3,(H,32,36)(H,31,33,34). The van der Waals surface area contributed by atoms with Crippen molar-refractivity contribution in [2.24, 2.45) is 5.73 Å². The quantitative estimate of drug-likeness (QED) is 0.228. The van der Waals surface area contributed by atoms with Crippen LogP contribution in [0.3, 0.4) is 0 Å². The highest BCUT2D eigenvalue weighted by Gasteiger charge is 2.39. The molecular formula is C27H28ClN7O2. The highest BCUT2D eigenvalue weighted by atomic mass is 35.5. The lowest BCUT2D eigenvalue weighted by molar-refractivity contribution is -0.111. The molecule has 1 saturated carbocycles. The zero-order valence-electron chi connectivity index (χ0n) is 20.6. The van der Waals surface area contributed by atoms with E-state index in [0.717, 1.165) is 35.0 Å². The Bertz CT molecular complexity index is 1500. The van der Waals surface area contributed by atoms with Gasteiger partial charge in [0.2, 0.25) is 11.9 Å². The molecule has 4 aromatic rings. The number of hydrogen-bond acceptors (Lipinski definition) is 7. The van der Waals surface area contributed by atoms with Crippen molar-refractivity contribution in [1.29, 1.82) is 0 Å². The third-order valence-corrected chi connectivity index (χ3v) is 6.73. The molecule has 5 N–H and O–H groups in total. The average molecular weight is 518 g/mol. The molecule has 5 rings (SSSR count). The fourth-order valence-corrected chi connectivity index (χ4v) is 4.51. The van der Waals surface area contributed by atoms with Gasteiger partial charge in [0.1, 0.15) is 5.75 Å². The van der Waals surface area contributed by atoms with E-state index in [1.807, 2.05) is 48.5 Å². The van der Waals surface area contributed by atoms with Gasteiger partial charge >= 0.3 is 0 Å². The highest BCUT2D eigenvalue weighted by Crippen LogP contribution is 2.41. The van der Waals surface area contributed by atoms with E-state index >= 15 is 0 Å². The van der Waals surface area contributed by atoms with Gasteiger partial charge in [0.05, 0.1) is 41.1 Å². The molecule has 0 atom stereocenters. The van der Waals surface area contributed by atoms with Crippen molar-refractivity contribution in [3.8, 4) is 17.0 Å². The van der Waals surface area contributed by atoms with E-state index in [1.165, 1.54) is 6.08 Å². The topological polar surface area (TPSA) is 121 Å². The minimum Gasteiger partial charge on any atom is -0.494 e. The molecule has 1 aliphatic carbocycles. The Morgan fingerprint density at radius 1 is 1.32 bits per heavy atom. The molecule has 37 heavy (non-hydrogen) atoms. The number of nitrogens with zero attached hydrogens (tertiary/aromatic N) is 3. The Kier molecular flexibility index (Phi) is 6.49. The molecule has 10 heteroatoms. The number of likely N-dealkylation sites (N-methyl/N-ethyl adjacent to an activating group) is 1. The SMILES string of the molecule is C=CC(=O)Nc1cc(Nc2ncc(Cl)c(-c3c[nH]c4ccccc34)n2)c(OC)cc1N(C)CC1(N)CC1. The van der Waals surface area contributed by atoms with Crippen molar-refractivity contribution in [3.05, 3.63) is 66.5 Å². The predicted molar refractivity (Wildman–Crippen MR) is 149 cm³/mol. The van der Waals surface area contributed by atoms with Gasteiger partial charge in [-0.1, -0.05) is 36.4 Å². The molecule has 0 radical (unpaired) electrons. The second kappa shape index (κ2) is 9.76. The van der Waals surface area contributed by atoms with E-state index in [1.54, 1.807) is 19.4 Å². The van der Waals surface area contributed by atoms with Crippen LogP contribution in [0.5, 0.6) is 5.75 Å². The van der Waals surface area contributed by atoms with Gasteiger partial charge in [0.25, 0.3) is 0 Å². The smallest absolute Gasteiger partial charge is 0.247 e. The first-order valence-electron chi connectivity index (χ1n) is 11.8. The molecule has 190 valence electrons. The van der Waals surface area contributed by atoms with E-state index in [2.05, 4.69) is 27.2 Å². The number of aromatic nitrogens is 3. The lowest BCUT2D eigenvalue weighted by Crippen LogP contribution is -2.37. The number of H-pyrrole nitrogens is 1. The fourth-order valence-electron chi connectivity index (χ4n) is 4.32. The molecule has 1 fully saturated rings. The second-order valence-corrected chi connectivity index (χ2v) is 9.65. The van der Waals surface area contributed by atoms with Crippen LogP contribution in [0.1, 0.15) is 12.8 Å². The number of halogens is 1. The summed E-state index contributed by atoms with van der Waals surface area (Å²) in [6.45, 7) is 4.21. The molecule has 0 unspecified atom stereocenters. The van der Waals surface area contributed by atoms with Crippen LogP contribution in [0, 0.1) is 0 Å². The average Bonchev–Trinajstić information content (AvgIpc) is 3.46. The third-order valence-electron chi connectivity index (χ3n) is 6.45. The number of hydrogen-bond donors (Lipinski definition) is 4. The molecule has 2 heterocycles. The van der Waals surface area contributed by atoms with Crippen LogP contribution in [0.25, 0.3) is 22.2 Å². The van der Waals surface area contributed by atoms with Crippen molar-refractivity contribution in [3.63, 3.8) is 0 Å². The molecule has 1 aliphatic rings. The minimum absolute atomic E-state index is 0.214. The van der Waals surface area contributed by atoms with Gasteiger partial charge in [-0.3, -0.25) is 4.79 Å². The summed E-state index contributed by atoms with van der Waals surface area (Å²) in [5, 5.41) is 7.54. The first-order chi connectivity index (χ1) is 17.8. The van der Waals surface area contributed by atoms with E-state index in [-0.39, 0.29) is 11.4 Å². The Hall–Kier alpha value is -4.08. The van der Waals surface area contributed by atoms with Crippen LogP contribution in [0.15, 0.2) is 61.4 Å². The van der Waals surface area contributed by atoms with Gasteiger partial charge < -0.3 is 31.0 Å². The number of ether oxygens (including phenoxy) is 1. The van der Waals surface area contributed by atoms with E-state index in [0.29, 0.717) is 40.3 Å². The number of para-hydroxylation sites is 1. The zero-order chi connectivity index (χ0) is 26.2. The number of rotatable bonds is 9. The summed E-state index contributed by atoms with van der Waals surface area (Å²) in [7, 11) is 3.52. The molecule has 0 spiro atoms. The highest BCUT2D eigenvalue weighted by molar-refractivity contribution is 6.33. The van der Waals surface area contributed by atoms with Gasteiger partial charge in [-0.15, -0.1) is 0 Å².